The van der Waals surface area contributed by atoms with Crippen LogP contribution in [0.15, 0.2) is 18.2 Å². The third kappa shape index (κ3) is 5.40. The summed E-state index contributed by atoms with van der Waals surface area (Å²) in [5.74, 6) is 0.733. The first kappa shape index (κ1) is 22.1. The Balaban J connectivity index is 1.91. The van der Waals surface area contributed by atoms with Gasteiger partial charge < -0.3 is 19.4 Å². The number of ether oxygens (including phenoxy) is 1. The lowest BCUT2D eigenvalue weighted by atomic mass is 9.85. The number of carbonyl (C=O) groups excluding carboxylic acids is 2. The van der Waals surface area contributed by atoms with Gasteiger partial charge in [-0.3, -0.25) is 4.79 Å². The maximum atomic E-state index is 12.6. The fourth-order valence-electron chi connectivity index (χ4n) is 3.43. The lowest BCUT2D eigenvalue weighted by Crippen LogP contribution is -2.54. The zero-order valence-corrected chi connectivity index (χ0v) is 18.2. The quantitative estimate of drug-likeness (QED) is 0.777. The summed E-state index contributed by atoms with van der Waals surface area (Å²) in [6, 6.07) is 6.14. The van der Waals surface area contributed by atoms with Crippen molar-refractivity contribution < 1.29 is 14.3 Å². The molecule has 1 saturated heterocycles. The molecule has 2 rings (SSSR count). The van der Waals surface area contributed by atoms with E-state index in [0.29, 0.717) is 39.3 Å². The van der Waals surface area contributed by atoms with Crippen LogP contribution in [0.2, 0.25) is 0 Å². The molecule has 1 aromatic carbocycles. The molecular formula is C22H35N3O3. The summed E-state index contributed by atoms with van der Waals surface area (Å²) in [4.78, 5) is 30.5. The summed E-state index contributed by atoms with van der Waals surface area (Å²) >= 11 is 0. The molecule has 28 heavy (non-hydrogen) atoms. The highest BCUT2D eigenvalue weighted by molar-refractivity contribution is 5.79. The van der Waals surface area contributed by atoms with E-state index in [1.165, 1.54) is 5.56 Å². The molecule has 0 spiro atoms. The fourth-order valence-corrected chi connectivity index (χ4v) is 3.43. The third-order valence-electron chi connectivity index (χ3n) is 5.23. The highest BCUT2D eigenvalue weighted by atomic mass is 16.5. The highest BCUT2D eigenvalue weighted by Gasteiger charge is 2.27. The Morgan fingerprint density at radius 1 is 1.04 bits per heavy atom. The molecule has 0 unspecified atom stereocenters. The van der Waals surface area contributed by atoms with Crippen LogP contribution in [0.25, 0.3) is 0 Å². The number of aryl methyl sites for hydroxylation is 1. The Hall–Kier alpha value is -2.24. The van der Waals surface area contributed by atoms with Crippen molar-refractivity contribution in [1.29, 1.82) is 0 Å². The molecule has 6 heteroatoms. The second-order valence-corrected chi connectivity index (χ2v) is 8.36. The Labute approximate surface area is 169 Å². The first-order valence-electron chi connectivity index (χ1n) is 10.2. The maximum absolute atomic E-state index is 12.6. The predicted molar refractivity (Wildman–Crippen MR) is 112 cm³/mol. The largest absolute Gasteiger partial charge is 0.483 e. The molecule has 0 atom stereocenters. The minimum atomic E-state index is -0.0547. The van der Waals surface area contributed by atoms with Crippen molar-refractivity contribution in [3.8, 4) is 5.75 Å². The van der Waals surface area contributed by atoms with E-state index in [9.17, 15) is 9.59 Å². The Morgan fingerprint density at radius 2 is 1.61 bits per heavy atom. The molecular weight excluding hydrogens is 354 g/mol. The van der Waals surface area contributed by atoms with Crippen LogP contribution >= 0.6 is 0 Å². The van der Waals surface area contributed by atoms with E-state index < -0.39 is 0 Å². The van der Waals surface area contributed by atoms with Crippen molar-refractivity contribution in [3.63, 3.8) is 0 Å². The van der Waals surface area contributed by atoms with Crippen LogP contribution in [-0.2, 0) is 10.2 Å². The molecule has 1 fully saturated rings. The smallest absolute Gasteiger partial charge is 0.320 e. The van der Waals surface area contributed by atoms with Gasteiger partial charge in [0, 0.05) is 39.3 Å². The predicted octanol–water partition coefficient (Wildman–Crippen LogP) is 3.28. The SMILES string of the molecule is CCN(CC)C(=O)N1CCN(C(=O)COc2ccc(C)cc2C(C)(C)C)CC1. The van der Waals surface area contributed by atoms with Gasteiger partial charge in [0.2, 0.25) is 0 Å². The van der Waals surface area contributed by atoms with Gasteiger partial charge in [-0.2, -0.15) is 0 Å². The van der Waals surface area contributed by atoms with Crippen LogP contribution in [0.5, 0.6) is 5.75 Å². The second kappa shape index (κ2) is 9.30. The highest BCUT2D eigenvalue weighted by Crippen LogP contribution is 2.32. The topological polar surface area (TPSA) is 53.1 Å². The van der Waals surface area contributed by atoms with Crippen molar-refractivity contribution in [3.05, 3.63) is 29.3 Å². The summed E-state index contributed by atoms with van der Waals surface area (Å²) in [6.07, 6.45) is 0. The molecule has 156 valence electrons. The van der Waals surface area contributed by atoms with Gasteiger partial charge in [0.05, 0.1) is 0 Å². The van der Waals surface area contributed by atoms with Gasteiger partial charge in [-0.05, 0) is 37.8 Å². The van der Waals surface area contributed by atoms with E-state index >= 15 is 0 Å². The van der Waals surface area contributed by atoms with E-state index in [2.05, 4.69) is 33.8 Å². The maximum Gasteiger partial charge on any atom is 0.320 e. The molecule has 1 aliphatic rings. The summed E-state index contributed by atoms with van der Waals surface area (Å²) in [6.45, 7) is 16.1. The minimum Gasteiger partial charge on any atom is -0.483 e. The number of hydrogen-bond donors (Lipinski definition) is 0. The molecule has 1 heterocycles. The van der Waals surface area contributed by atoms with E-state index in [4.69, 9.17) is 4.74 Å². The Morgan fingerprint density at radius 3 is 2.14 bits per heavy atom. The first-order valence-corrected chi connectivity index (χ1v) is 10.2. The van der Waals surface area contributed by atoms with Crippen LogP contribution in [0.1, 0.15) is 45.7 Å². The molecule has 0 N–H and O–H groups in total. The van der Waals surface area contributed by atoms with Gasteiger partial charge in [0.25, 0.3) is 5.91 Å². The van der Waals surface area contributed by atoms with E-state index in [1.807, 2.05) is 35.8 Å². The van der Waals surface area contributed by atoms with Gasteiger partial charge in [-0.1, -0.05) is 38.5 Å². The third-order valence-corrected chi connectivity index (χ3v) is 5.23. The normalized spacial score (nSPS) is 14.8. The Bertz CT molecular complexity index is 685. The number of urea groups is 1. The van der Waals surface area contributed by atoms with Gasteiger partial charge >= 0.3 is 6.03 Å². The summed E-state index contributed by atoms with van der Waals surface area (Å²) in [7, 11) is 0. The summed E-state index contributed by atoms with van der Waals surface area (Å²) in [5.41, 5.74) is 2.23. The zero-order valence-electron chi connectivity index (χ0n) is 18.2. The number of piperazine rings is 1. The van der Waals surface area contributed by atoms with Crippen molar-refractivity contribution in [2.24, 2.45) is 0 Å². The average molecular weight is 390 g/mol. The molecule has 6 nitrogen and oxygen atoms in total. The van der Waals surface area contributed by atoms with Gasteiger partial charge in [-0.25, -0.2) is 4.79 Å². The van der Waals surface area contributed by atoms with Crippen molar-refractivity contribution in [2.75, 3.05) is 45.9 Å². The number of amides is 3. The lowest BCUT2D eigenvalue weighted by molar-refractivity contribution is -0.134. The summed E-state index contributed by atoms with van der Waals surface area (Å²) < 4.78 is 5.90. The number of hydrogen-bond acceptors (Lipinski definition) is 3. The van der Waals surface area contributed by atoms with Crippen LogP contribution < -0.4 is 4.74 Å². The van der Waals surface area contributed by atoms with Crippen LogP contribution in [-0.4, -0.2) is 72.5 Å². The standard InChI is InChI=1S/C22H35N3O3/c1-7-23(8-2)21(27)25-13-11-24(12-14-25)20(26)16-28-19-10-9-17(3)15-18(19)22(4,5)6/h9-10,15H,7-8,11-14,16H2,1-6H3. The molecule has 0 radical (unpaired) electrons. The van der Waals surface area contributed by atoms with Crippen LogP contribution in [0.3, 0.4) is 0 Å². The van der Waals surface area contributed by atoms with Crippen molar-refractivity contribution in [2.45, 2.75) is 47.0 Å². The number of nitrogens with zero attached hydrogens (tertiary/aromatic N) is 3. The van der Waals surface area contributed by atoms with E-state index in [1.54, 1.807) is 4.90 Å². The monoisotopic (exact) mass is 389 g/mol. The number of benzene rings is 1. The first-order chi connectivity index (χ1) is 13.2. The number of carbonyl (C=O) groups is 2. The number of rotatable bonds is 5. The molecule has 0 aliphatic carbocycles. The van der Waals surface area contributed by atoms with Gasteiger partial charge in [0.15, 0.2) is 6.61 Å². The molecule has 1 aromatic rings. The van der Waals surface area contributed by atoms with E-state index in [0.717, 1.165) is 11.3 Å². The van der Waals surface area contributed by atoms with Crippen LogP contribution in [0.4, 0.5) is 4.79 Å². The molecule has 0 aromatic heterocycles. The van der Waals surface area contributed by atoms with Gasteiger partial charge in [0.1, 0.15) is 5.75 Å². The zero-order chi connectivity index (χ0) is 20.9. The molecule has 0 bridgehead atoms. The molecule has 1 aliphatic heterocycles. The Kier molecular flexibility index (Phi) is 7.33. The lowest BCUT2D eigenvalue weighted by Gasteiger charge is -2.37. The fraction of sp³-hybridized carbons (Fsp3) is 0.636. The average Bonchev–Trinajstić information content (AvgIpc) is 2.67. The minimum absolute atomic E-state index is 0.0239. The van der Waals surface area contributed by atoms with Crippen molar-refractivity contribution in [1.82, 2.24) is 14.7 Å². The van der Waals surface area contributed by atoms with Crippen molar-refractivity contribution >= 4 is 11.9 Å². The summed E-state index contributed by atoms with van der Waals surface area (Å²) in [5, 5.41) is 0. The molecule has 3 amide bonds. The second-order valence-electron chi connectivity index (χ2n) is 8.36. The van der Waals surface area contributed by atoms with Crippen LogP contribution in [0, 0.1) is 6.92 Å². The van der Waals surface area contributed by atoms with Gasteiger partial charge in [-0.15, -0.1) is 0 Å². The van der Waals surface area contributed by atoms with E-state index in [-0.39, 0.29) is 24.0 Å². The molecule has 0 saturated carbocycles.